The van der Waals surface area contributed by atoms with Gasteiger partial charge >= 0.3 is 0 Å². The van der Waals surface area contributed by atoms with Crippen LogP contribution < -0.4 is 4.80 Å². The molecular formula is C21H22ClN3O3S2. The Morgan fingerprint density at radius 2 is 1.93 bits per heavy atom. The topological polar surface area (TPSA) is 71.7 Å². The molecule has 3 aromatic rings. The monoisotopic (exact) mass is 463 g/mol. The molecule has 158 valence electrons. The van der Waals surface area contributed by atoms with Gasteiger partial charge in [-0.3, -0.25) is 4.79 Å². The lowest BCUT2D eigenvalue weighted by Gasteiger charge is -2.30. The van der Waals surface area contributed by atoms with Crippen molar-refractivity contribution in [1.82, 2.24) is 8.87 Å². The minimum atomic E-state index is -3.62. The van der Waals surface area contributed by atoms with Gasteiger partial charge < -0.3 is 4.57 Å². The van der Waals surface area contributed by atoms with Crippen LogP contribution in [0.3, 0.4) is 0 Å². The Balaban J connectivity index is 1.63. The number of thiazole rings is 1. The van der Waals surface area contributed by atoms with Gasteiger partial charge in [0.05, 0.1) is 26.1 Å². The van der Waals surface area contributed by atoms with Gasteiger partial charge in [-0.1, -0.05) is 47.2 Å². The highest BCUT2D eigenvalue weighted by atomic mass is 35.5. The number of benzene rings is 2. The number of carbonyl (C=O) groups excluding carboxylic acids is 1. The number of halogens is 1. The van der Waals surface area contributed by atoms with Gasteiger partial charge in [-0.05, 0) is 43.5 Å². The van der Waals surface area contributed by atoms with Gasteiger partial charge in [-0.15, -0.1) is 0 Å². The molecule has 0 aliphatic carbocycles. The van der Waals surface area contributed by atoms with Crippen LogP contribution in [0.2, 0.25) is 5.02 Å². The zero-order chi connectivity index (χ0) is 21.5. The molecule has 1 atom stereocenters. The highest BCUT2D eigenvalue weighted by molar-refractivity contribution is 7.89. The van der Waals surface area contributed by atoms with Crippen molar-refractivity contribution in [3.63, 3.8) is 0 Å². The molecule has 2 heterocycles. The zero-order valence-electron chi connectivity index (χ0n) is 16.7. The van der Waals surface area contributed by atoms with E-state index in [0.29, 0.717) is 29.2 Å². The van der Waals surface area contributed by atoms with Crippen LogP contribution >= 0.6 is 22.9 Å². The summed E-state index contributed by atoms with van der Waals surface area (Å²) in [6.07, 6.45) is 1.25. The Labute approximate surface area is 184 Å². The van der Waals surface area contributed by atoms with Gasteiger partial charge in [0, 0.05) is 20.1 Å². The van der Waals surface area contributed by atoms with E-state index in [9.17, 15) is 13.2 Å². The number of rotatable bonds is 3. The molecule has 1 saturated heterocycles. The molecule has 30 heavy (non-hydrogen) atoms. The fourth-order valence-corrected chi connectivity index (χ4v) is 6.72. The molecule has 6 nitrogen and oxygen atoms in total. The van der Waals surface area contributed by atoms with E-state index in [-0.39, 0.29) is 17.3 Å². The van der Waals surface area contributed by atoms with Crippen LogP contribution in [-0.2, 0) is 21.9 Å². The third kappa shape index (κ3) is 3.85. The van der Waals surface area contributed by atoms with E-state index in [2.05, 4.69) is 4.99 Å². The van der Waals surface area contributed by atoms with Crippen molar-refractivity contribution in [2.24, 2.45) is 18.0 Å². The molecule has 1 aliphatic heterocycles. The average molecular weight is 464 g/mol. The molecule has 1 amide bonds. The lowest BCUT2D eigenvalue weighted by molar-refractivity contribution is -0.122. The standard InChI is InChI=1S/C21H22ClN3O3S2/c1-14-10-11-17(22)19-18(14)24(2)21(29-19)23-20(26)15-7-6-12-25(13-15)30(27,28)16-8-4-3-5-9-16/h3-5,8-11,15H,6-7,12-13H2,1-2H3. The van der Waals surface area contributed by atoms with Crippen LogP contribution in [0, 0.1) is 12.8 Å². The first-order chi connectivity index (χ1) is 14.3. The van der Waals surface area contributed by atoms with Gasteiger partial charge in [0.1, 0.15) is 0 Å². The minimum absolute atomic E-state index is 0.147. The SMILES string of the molecule is Cc1ccc(Cl)c2sc(=NC(=O)C3CCCN(S(=O)(=O)c4ccccc4)C3)n(C)c12. The Morgan fingerprint density at radius 1 is 1.20 bits per heavy atom. The van der Waals surface area contributed by atoms with E-state index in [0.717, 1.165) is 15.8 Å². The zero-order valence-corrected chi connectivity index (χ0v) is 19.1. The van der Waals surface area contributed by atoms with E-state index in [1.807, 2.05) is 30.7 Å². The lowest BCUT2D eigenvalue weighted by Crippen LogP contribution is -2.42. The van der Waals surface area contributed by atoms with E-state index < -0.39 is 15.9 Å². The predicted molar refractivity (Wildman–Crippen MR) is 119 cm³/mol. The molecule has 0 bridgehead atoms. The van der Waals surface area contributed by atoms with Crippen LogP contribution in [0.15, 0.2) is 52.4 Å². The second-order valence-corrected chi connectivity index (χ2v) is 10.8. The van der Waals surface area contributed by atoms with Gasteiger partial charge in [0.25, 0.3) is 5.91 Å². The molecule has 1 aromatic heterocycles. The van der Waals surface area contributed by atoms with Crippen LogP contribution in [0.1, 0.15) is 18.4 Å². The third-order valence-electron chi connectivity index (χ3n) is 5.42. The maximum absolute atomic E-state index is 12.9. The van der Waals surface area contributed by atoms with Crippen LogP contribution in [0.25, 0.3) is 10.2 Å². The summed E-state index contributed by atoms with van der Waals surface area (Å²) in [7, 11) is -1.76. The first-order valence-corrected chi connectivity index (χ1v) is 12.3. The van der Waals surface area contributed by atoms with Crippen LogP contribution in [0.4, 0.5) is 0 Å². The van der Waals surface area contributed by atoms with Crippen molar-refractivity contribution < 1.29 is 13.2 Å². The molecule has 0 spiro atoms. The minimum Gasteiger partial charge on any atom is -0.319 e. The van der Waals surface area contributed by atoms with Crippen molar-refractivity contribution in [3.8, 4) is 0 Å². The second kappa shape index (κ2) is 8.26. The molecule has 0 N–H and O–H groups in total. The Hall–Kier alpha value is -2.00. The molecule has 9 heteroatoms. The van der Waals surface area contributed by atoms with Gasteiger partial charge in [0.2, 0.25) is 10.0 Å². The smallest absolute Gasteiger partial charge is 0.252 e. The lowest BCUT2D eigenvalue weighted by atomic mass is 9.99. The first-order valence-electron chi connectivity index (χ1n) is 9.67. The quantitative estimate of drug-likeness (QED) is 0.594. The molecule has 1 aliphatic rings. The average Bonchev–Trinajstić information content (AvgIpc) is 3.09. The Bertz CT molecular complexity index is 1280. The molecule has 0 saturated carbocycles. The van der Waals surface area contributed by atoms with Gasteiger partial charge in [0.15, 0.2) is 4.80 Å². The molecule has 2 aromatic carbocycles. The van der Waals surface area contributed by atoms with E-state index in [1.165, 1.54) is 15.6 Å². The molecular weight excluding hydrogens is 442 g/mol. The summed E-state index contributed by atoms with van der Waals surface area (Å²) in [5.74, 6) is -0.752. The third-order valence-corrected chi connectivity index (χ3v) is 8.89. The van der Waals surface area contributed by atoms with Gasteiger partial charge in [-0.25, -0.2) is 8.42 Å². The fraction of sp³-hybridized carbons (Fsp3) is 0.333. The first kappa shape index (κ1) is 21.2. The maximum atomic E-state index is 12.9. The van der Waals surface area contributed by atoms with Crippen molar-refractivity contribution in [3.05, 3.63) is 57.9 Å². The summed E-state index contributed by atoms with van der Waals surface area (Å²) in [5.41, 5.74) is 2.01. The van der Waals surface area contributed by atoms with Crippen LogP contribution in [0.5, 0.6) is 0 Å². The Kier molecular flexibility index (Phi) is 5.85. The number of aromatic nitrogens is 1. The number of amides is 1. The van der Waals surface area contributed by atoms with Crippen LogP contribution in [-0.4, -0.2) is 36.3 Å². The molecule has 1 fully saturated rings. The Morgan fingerprint density at radius 3 is 2.63 bits per heavy atom. The maximum Gasteiger partial charge on any atom is 0.252 e. The predicted octanol–water partition coefficient (Wildman–Crippen LogP) is 3.73. The second-order valence-electron chi connectivity index (χ2n) is 7.45. The largest absolute Gasteiger partial charge is 0.319 e. The van der Waals surface area contributed by atoms with Crippen molar-refractivity contribution in [2.75, 3.05) is 13.1 Å². The van der Waals surface area contributed by atoms with E-state index >= 15 is 0 Å². The van der Waals surface area contributed by atoms with Crippen molar-refractivity contribution in [2.45, 2.75) is 24.7 Å². The highest BCUT2D eigenvalue weighted by Crippen LogP contribution is 2.29. The molecule has 0 radical (unpaired) electrons. The summed E-state index contributed by atoms with van der Waals surface area (Å²) in [5, 5.41) is 0.628. The number of sulfonamides is 1. The normalized spacial score (nSPS) is 18.8. The highest BCUT2D eigenvalue weighted by Gasteiger charge is 2.33. The summed E-state index contributed by atoms with van der Waals surface area (Å²) >= 11 is 7.70. The fourth-order valence-electron chi connectivity index (χ4n) is 3.80. The van der Waals surface area contributed by atoms with Gasteiger partial charge in [-0.2, -0.15) is 9.30 Å². The molecule has 1 unspecified atom stereocenters. The van der Waals surface area contributed by atoms with E-state index in [4.69, 9.17) is 11.6 Å². The van der Waals surface area contributed by atoms with Crippen molar-refractivity contribution in [1.29, 1.82) is 0 Å². The number of fused-ring (bicyclic) bond motifs is 1. The van der Waals surface area contributed by atoms with Crippen molar-refractivity contribution >= 4 is 49.1 Å². The number of nitrogens with zero attached hydrogens (tertiary/aromatic N) is 3. The number of piperidine rings is 1. The number of hydrogen-bond donors (Lipinski definition) is 0. The number of carbonyl (C=O) groups is 1. The number of aryl methyl sites for hydroxylation is 2. The number of hydrogen-bond acceptors (Lipinski definition) is 4. The summed E-state index contributed by atoms with van der Waals surface area (Å²) < 4.78 is 30.0. The summed E-state index contributed by atoms with van der Waals surface area (Å²) in [6, 6.07) is 12.1. The van der Waals surface area contributed by atoms with E-state index in [1.54, 1.807) is 30.3 Å². The molecule has 4 rings (SSSR count). The summed E-state index contributed by atoms with van der Waals surface area (Å²) in [6.45, 7) is 2.55. The summed E-state index contributed by atoms with van der Waals surface area (Å²) in [4.78, 5) is 18.1.